The Balaban J connectivity index is 1.53. The van der Waals surface area contributed by atoms with Gasteiger partial charge in [0.15, 0.2) is 0 Å². The average Bonchev–Trinajstić information content (AvgIpc) is 2.69. The van der Waals surface area contributed by atoms with Gasteiger partial charge in [0.1, 0.15) is 5.82 Å². The summed E-state index contributed by atoms with van der Waals surface area (Å²) in [6.07, 6.45) is -1.17. The zero-order valence-corrected chi connectivity index (χ0v) is 15.6. The summed E-state index contributed by atoms with van der Waals surface area (Å²) in [5.41, 5.74) is -0.629. The van der Waals surface area contributed by atoms with Crippen molar-refractivity contribution in [3.63, 3.8) is 0 Å². The number of alkyl halides is 3. The first kappa shape index (κ1) is 20.0. The highest BCUT2D eigenvalue weighted by molar-refractivity contribution is 5.74. The summed E-state index contributed by atoms with van der Waals surface area (Å²) in [6.45, 7) is 1.43. The van der Waals surface area contributed by atoms with Crippen LogP contribution < -0.4 is 10.2 Å². The molecule has 2 aromatic rings. The van der Waals surface area contributed by atoms with Crippen molar-refractivity contribution in [1.29, 1.82) is 0 Å². The number of halogens is 3. The SMILES string of the molecule is CN(Cc1ccccc1C(F)(F)F)C(=O)NC1CCN(c2ccccn2)CC1. The van der Waals surface area contributed by atoms with Crippen LogP contribution in [0.25, 0.3) is 0 Å². The van der Waals surface area contributed by atoms with E-state index in [-0.39, 0.29) is 24.2 Å². The van der Waals surface area contributed by atoms with Gasteiger partial charge >= 0.3 is 12.2 Å². The second-order valence-corrected chi connectivity index (χ2v) is 6.91. The summed E-state index contributed by atoms with van der Waals surface area (Å²) < 4.78 is 39.4. The van der Waals surface area contributed by atoms with E-state index < -0.39 is 11.7 Å². The highest BCUT2D eigenvalue weighted by Crippen LogP contribution is 2.32. The number of urea groups is 1. The number of amides is 2. The topological polar surface area (TPSA) is 48.5 Å². The van der Waals surface area contributed by atoms with Gasteiger partial charge in [-0.2, -0.15) is 13.2 Å². The molecule has 2 heterocycles. The molecule has 0 bridgehead atoms. The van der Waals surface area contributed by atoms with Crippen molar-refractivity contribution in [2.45, 2.75) is 31.6 Å². The molecule has 8 heteroatoms. The molecule has 28 heavy (non-hydrogen) atoms. The molecular formula is C20H23F3N4O. The number of pyridine rings is 1. The van der Waals surface area contributed by atoms with Gasteiger partial charge in [0.25, 0.3) is 0 Å². The number of benzene rings is 1. The van der Waals surface area contributed by atoms with Crippen LogP contribution in [0.1, 0.15) is 24.0 Å². The Hall–Kier alpha value is -2.77. The molecule has 1 aliphatic heterocycles. The number of carbonyl (C=O) groups is 1. The Morgan fingerprint density at radius 2 is 1.86 bits per heavy atom. The lowest BCUT2D eigenvalue weighted by Gasteiger charge is -2.34. The Morgan fingerprint density at radius 3 is 2.50 bits per heavy atom. The zero-order valence-electron chi connectivity index (χ0n) is 15.6. The monoisotopic (exact) mass is 392 g/mol. The third-order valence-corrected chi connectivity index (χ3v) is 4.87. The van der Waals surface area contributed by atoms with Gasteiger partial charge in [-0.25, -0.2) is 9.78 Å². The quantitative estimate of drug-likeness (QED) is 0.858. The number of nitrogens with zero attached hydrogens (tertiary/aromatic N) is 3. The van der Waals surface area contributed by atoms with E-state index in [9.17, 15) is 18.0 Å². The molecule has 0 saturated carbocycles. The number of rotatable bonds is 4. The molecule has 1 aromatic heterocycles. The van der Waals surface area contributed by atoms with E-state index in [2.05, 4.69) is 15.2 Å². The third-order valence-electron chi connectivity index (χ3n) is 4.87. The smallest absolute Gasteiger partial charge is 0.356 e. The lowest BCUT2D eigenvalue weighted by molar-refractivity contribution is -0.138. The molecule has 5 nitrogen and oxygen atoms in total. The number of aromatic nitrogens is 1. The predicted molar refractivity (Wildman–Crippen MR) is 101 cm³/mol. The van der Waals surface area contributed by atoms with Gasteiger partial charge in [-0.3, -0.25) is 0 Å². The molecule has 0 aliphatic carbocycles. The fraction of sp³-hybridized carbons (Fsp3) is 0.400. The van der Waals surface area contributed by atoms with Crippen molar-refractivity contribution in [2.75, 3.05) is 25.0 Å². The molecule has 1 aromatic carbocycles. The minimum atomic E-state index is -4.44. The maximum Gasteiger partial charge on any atom is 0.416 e. The molecule has 1 N–H and O–H groups in total. The van der Waals surface area contributed by atoms with Crippen molar-refractivity contribution in [2.24, 2.45) is 0 Å². The number of anilines is 1. The van der Waals surface area contributed by atoms with Gasteiger partial charge in [0.05, 0.1) is 5.56 Å². The van der Waals surface area contributed by atoms with Crippen molar-refractivity contribution in [3.8, 4) is 0 Å². The molecule has 0 atom stereocenters. The summed E-state index contributed by atoms with van der Waals surface area (Å²) >= 11 is 0. The largest absolute Gasteiger partial charge is 0.416 e. The van der Waals surface area contributed by atoms with Crippen LogP contribution in [0.15, 0.2) is 48.7 Å². The van der Waals surface area contributed by atoms with Gasteiger partial charge in [-0.05, 0) is 36.6 Å². The van der Waals surface area contributed by atoms with Crippen LogP contribution >= 0.6 is 0 Å². The van der Waals surface area contributed by atoms with Crippen LogP contribution in [0.2, 0.25) is 0 Å². The van der Waals surface area contributed by atoms with Crippen LogP contribution in [0.5, 0.6) is 0 Å². The molecule has 0 unspecified atom stereocenters. The number of hydrogen-bond acceptors (Lipinski definition) is 3. The van der Waals surface area contributed by atoms with Gasteiger partial charge in [0, 0.05) is 38.9 Å². The highest BCUT2D eigenvalue weighted by atomic mass is 19.4. The molecule has 1 aliphatic rings. The van der Waals surface area contributed by atoms with E-state index in [1.807, 2.05) is 18.2 Å². The second-order valence-electron chi connectivity index (χ2n) is 6.91. The fourth-order valence-corrected chi connectivity index (χ4v) is 3.34. The van der Waals surface area contributed by atoms with E-state index in [1.54, 1.807) is 12.3 Å². The predicted octanol–water partition coefficient (Wildman–Crippen LogP) is 3.91. The number of piperidine rings is 1. The Morgan fingerprint density at radius 1 is 1.18 bits per heavy atom. The Bertz CT molecular complexity index is 790. The van der Waals surface area contributed by atoms with Crippen LogP contribution in [-0.2, 0) is 12.7 Å². The van der Waals surface area contributed by atoms with E-state index in [0.29, 0.717) is 0 Å². The normalized spacial score (nSPS) is 15.4. The fourth-order valence-electron chi connectivity index (χ4n) is 3.34. The number of nitrogens with one attached hydrogen (secondary N) is 1. The van der Waals surface area contributed by atoms with E-state index in [1.165, 1.54) is 24.1 Å². The number of carbonyl (C=O) groups excluding carboxylic acids is 1. The molecule has 150 valence electrons. The minimum absolute atomic E-state index is 0.00669. The maximum atomic E-state index is 13.1. The first-order valence-electron chi connectivity index (χ1n) is 9.17. The third kappa shape index (κ3) is 4.94. The Kier molecular flexibility index (Phi) is 6.06. The van der Waals surface area contributed by atoms with Gasteiger partial charge < -0.3 is 15.1 Å². The van der Waals surface area contributed by atoms with Crippen LogP contribution in [0.3, 0.4) is 0 Å². The summed E-state index contributed by atoms with van der Waals surface area (Å²) in [6, 6.07) is 10.7. The maximum absolute atomic E-state index is 13.1. The molecule has 0 spiro atoms. The van der Waals surface area contributed by atoms with Gasteiger partial charge in [0.2, 0.25) is 0 Å². The van der Waals surface area contributed by atoms with Crippen LogP contribution in [0.4, 0.5) is 23.8 Å². The second kappa shape index (κ2) is 8.50. The molecule has 0 radical (unpaired) electrons. The van der Waals surface area contributed by atoms with Gasteiger partial charge in [-0.15, -0.1) is 0 Å². The van der Waals surface area contributed by atoms with Crippen molar-refractivity contribution < 1.29 is 18.0 Å². The summed E-state index contributed by atoms with van der Waals surface area (Å²) in [5.74, 6) is 0.910. The van der Waals surface area contributed by atoms with Gasteiger partial charge in [-0.1, -0.05) is 24.3 Å². The standard InChI is InChI=1S/C20H23F3N4O/c1-26(14-15-6-2-3-7-17(15)20(21,22)23)19(28)25-16-9-12-27(13-10-16)18-8-4-5-11-24-18/h2-8,11,16H,9-10,12-14H2,1H3,(H,25,28). The van der Waals surface area contributed by atoms with Crippen molar-refractivity contribution in [1.82, 2.24) is 15.2 Å². The lowest BCUT2D eigenvalue weighted by Crippen LogP contribution is -2.48. The average molecular weight is 392 g/mol. The van der Waals surface area contributed by atoms with E-state index >= 15 is 0 Å². The van der Waals surface area contributed by atoms with Crippen molar-refractivity contribution in [3.05, 3.63) is 59.8 Å². The molecule has 3 rings (SSSR count). The summed E-state index contributed by atoms with van der Waals surface area (Å²) in [5, 5.41) is 2.93. The first-order chi connectivity index (χ1) is 13.3. The van der Waals surface area contributed by atoms with Crippen LogP contribution in [0, 0.1) is 0 Å². The number of hydrogen-bond donors (Lipinski definition) is 1. The van der Waals surface area contributed by atoms with Crippen molar-refractivity contribution >= 4 is 11.8 Å². The summed E-state index contributed by atoms with van der Waals surface area (Å²) in [4.78, 5) is 20.2. The molecular weight excluding hydrogens is 369 g/mol. The van der Waals surface area contributed by atoms with E-state index in [4.69, 9.17) is 0 Å². The minimum Gasteiger partial charge on any atom is -0.356 e. The Labute approximate surface area is 162 Å². The lowest BCUT2D eigenvalue weighted by atomic mass is 10.0. The highest BCUT2D eigenvalue weighted by Gasteiger charge is 2.33. The summed E-state index contributed by atoms with van der Waals surface area (Å²) in [7, 11) is 1.51. The molecule has 1 fully saturated rings. The molecule has 1 saturated heterocycles. The van der Waals surface area contributed by atoms with Crippen LogP contribution in [-0.4, -0.2) is 42.1 Å². The zero-order chi connectivity index (χ0) is 20.1. The first-order valence-corrected chi connectivity index (χ1v) is 9.17. The molecule has 2 amide bonds. The van der Waals surface area contributed by atoms with E-state index in [0.717, 1.165) is 37.8 Å².